The van der Waals surface area contributed by atoms with E-state index in [1.165, 1.54) is 11.3 Å². The highest BCUT2D eigenvalue weighted by Gasteiger charge is 2.27. The zero-order valence-corrected chi connectivity index (χ0v) is 6.30. The first-order chi connectivity index (χ1) is 4.66. The van der Waals surface area contributed by atoms with Gasteiger partial charge in [-0.3, -0.25) is 0 Å². The van der Waals surface area contributed by atoms with E-state index in [-0.39, 0.29) is 5.41 Å². The first-order valence-electron chi connectivity index (χ1n) is 3.62. The SMILES string of the molecule is CC1(C=N)CCCN(O)C1. The minimum Gasteiger partial charge on any atom is -0.314 e. The molecule has 1 aliphatic rings. The van der Waals surface area contributed by atoms with Crippen LogP contribution in [-0.4, -0.2) is 29.6 Å². The molecule has 2 N–H and O–H groups in total. The molecule has 1 unspecified atom stereocenters. The molecule has 1 fully saturated rings. The molecule has 1 saturated heterocycles. The Kier molecular flexibility index (Phi) is 2.06. The normalized spacial score (nSPS) is 35.8. The maximum absolute atomic E-state index is 9.11. The smallest absolute Gasteiger partial charge is 0.0341 e. The van der Waals surface area contributed by atoms with Gasteiger partial charge < -0.3 is 10.6 Å². The molecule has 0 spiro atoms. The van der Waals surface area contributed by atoms with Crippen molar-refractivity contribution in [3.63, 3.8) is 0 Å². The van der Waals surface area contributed by atoms with E-state index in [0.29, 0.717) is 6.54 Å². The van der Waals surface area contributed by atoms with Crippen molar-refractivity contribution >= 4 is 6.21 Å². The first kappa shape index (κ1) is 7.69. The zero-order chi connectivity index (χ0) is 7.61. The van der Waals surface area contributed by atoms with Crippen LogP contribution in [-0.2, 0) is 0 Å². The Morgan fingerprint density at radius 3 is 2.80 bits per heavy atom. The molecule has 0 aliphatic carbocycles. The second-order valence-electron chi connectivity index (χ2n) is 3.29. The quantitative estimate of drug-likeness (QED) is 0.539. The number of nitrogens with zero attached hydrogens (tertiary/aromatic N) is 1. The average Bonchev–Trinajstić information content (AvgIpc) is 1.88. The summed E-state index contributed by atoms with van der Waals surface area (Å²) in [5.74, 6) is 0. The predicted molar refractivity (Wildman–Crippen MR) is 39.5 cm³/mol. The number of hydrogen-bond donors (Lipinski definition) is 2. The molecular weight excluding hydrogens is 128 g/mol. The van der Waals surface area contributed by atoms with E-state index in [2.05, 4.69) is 0 Å². The second-order valence-corrected chi connectivity index (χ2v) is 3.29. The summed E-state index contributed by atoms with van der Waals surface area (Å²) in [5, 5.41) is 17.5. The Morgan fingerprint density at radius 2 is 2.40 bits per heavy atom. The van der Waals surface area contributed by atoms with Crippen LogP contribution >= 0.6 is 0 Å². The molecular formula is C7H14N2O. The molecule has 0 radical (unpaired) electrons. The van der Waals surface area contributed by atoms with E-state index in [4.69, 9.17) is 10.6 Å². The lowest BCUT2D eigenvalue weighted by atomic mass is 9.84. The summed E-state index contributed by atoms with van der Waals surface area (Å²) in [6, 6.07) is 0. The van der Waals surface area contributed by atoms with Crippen molar-refractivity contribution in [1.29, 1.82) is 5.41 Å². The van der Waals surface area contributed by atoms with E-state index in [9.17, 15) is 0 Å². The Morgan fingerprint density at radius 1 is 1.70 bits per heavy atom. The number of piperidine rings is 1. The third-order valence-electron chi connectivity index (χ3n) is 2.06. The first-order valence-corrected chi connectivity index (χ1v) is 3.62. The number of hydroxylamine groups is 2. The van der Waals surface area contributed by atoms with Gasteiger partial charge in [0.25, 0.3) is 0 Å². The van der Waals surface area contributed by atoms with Gasteiger partial charge in [0, 0.05) is 24.7 Å². The fraction of sp³-hybridized carbons (Fsp3) is 0.857. The largest absolute Gasteiger partial charge is 0.314 e. The van der Waals surface area contributed by atoms with Crippen molar-refractivity contribution in [3.05, 3.63) is 0 Å². The standard InChI is InChI=1S/C7H14N2O/c1-7(5-8)3-2-4-9(10)6-7/h5,8,10H,2-4,6H2,1H3. The second kappa shape index (κ2) is 2.68. The van der Waals surface area contributed by atoms with Gasteiger partial charge in [0.2, 0.25) is 0 Å². The van der Waals surface area contributed by atoms with E-state index >= 15 is 0 Å². The van der Waals surface area contributed by atoms with Gasteiger partial charge in [-0.1, -0.05) is 6.92 Å². The van der Waals surface area contributed by atoms with Gasteiger partial charge in [0.15, 0.2) is 0 Å². The van der Waals surface area contributed by atoms with Gasteiger partial charge in [-0.2, -0.15) is 5.06 Å². The molecule has 3 heteroatoms. The van der Waals surface area contributed by atoms with Gasteiger partial charge in [0.05, 0.1) is 0 Å². The summed E-state index contributed by atoms with van der Waals surface area (Å²) in [4.78, 5) is 0. The van der Waals surface area contributed by atoms with Crippen molar-refractivity contribution in [2.24, 2.45) is 5.41 Å². The molecule has 0 saturated carbocycles. The number of nitrogens with one attached hydrogen (secondary N) is 1. The van der Waals surface area contributed by atoms with Crippen LogP contribution in [0.3, 0.4) is 0 Å². The fourth-order valence-corrected chi connectivity index (χ4v) is 1.36. The van der Waals surface area contributed by atoms with Crippen molar-refractivity contribution in [2.45, 2.75) is 19.8 Å². The van der Waals surface area contributed by atoms with Crippen LogP contribution in [0.2, 0.25) is 0 Å². The third kappa shape index (κ3) is 1.55. The lowest BCUT2D eigenvalue weighted by molar-refractivity contribution is -0.123. The fourth-order valence-electron chi connectivity index (χ4n) is 1.36. The lowest BCUT2D eigenvalue weighted by Crippen LogP contribution is -2.40. The highest BCUT2D eigenvalue weighted by Crippen LogP contribution is 2.25. The molecule has 10 heavy (non-hydrogen) atoms. The Bertz CT molecular complexity index is 138. The molecule has 58 valence electrons. The van der Waals surface area contributed by atoms with Gasteiger partial charge in [-0.15, -0.1) is 0 Å². The molecule has 0 amide bonds. The maximum Gasteiger partial charge on any atom is 0.0341 e. The highest BCUT2D eigenvalue weighted by molar-refractivity contribution is 5.62. The van der Waals surface area contributed by atoms with Crippen molar-refractivity contribution < 1.29 is 5.21 Å². The highest BCUT2D eigenvalue weighted by atomic mass is 16.5. The van der Waals surface area contributed by atoms with E-state index < -0.39 is 0 Å². The summed E-state index contributed by atoms with van der Waals surface area (Å²) >= 11 is 0. The average molecular weight is 142 g/mol. The summed E-state index contributed by atoms with van der Waals surface area (Å²) in [7, 11) is 0. The van der Waals surface area contributed by atoms with Gasteiger partial charge in [0.1, 0.15) is 0 Å². The van der Waals surface area contributed by atoms with Crippen LogP contribution in [0.15, 0.2) is 0 Å². The van der Waals surface area contributed by atoms with Gasteiger partial charge in [-0.25, -0.2) is 0 Å². The minimum atomic E-state index is -0.0903. The van der Waals surface area contributed by atoms with E-state index in [1.807, 2.05) is 6.92 Å². The Balaban J connectivity index is 2.53. The van der Waals surface area contributed by atoms with E-state index in [1.54, 1.807) is 0 Å². The third-order valence-corrected chi connectivity index (χ3v) is 2.06. The van der Waals surface area contributed by atoms with Crippen LogP contribution in [0, 0.1) is 10.8 Å². The topological polar surface area (TPSA) is 47.3 Å². The molecule has 0 bridgehead atoms. The summed E-state index contributed by atoms with van der Waals surface area (Å²) in [6.45, 7) is 3.36. The van der Waals surface area contributed by atoms with Gasteiger partial charge >= 0.3 is 0 Å². The Hall–Kier alpha value is -0.410. The molecule has 1 heterocycles. The minimum absolute atomic E-state index is 0.0903. The number of rotatable bonds is 1. The van der Waals surface area contributed by atoms with Crippen LogP contribution < -0.4 is 0 Å². The maximum atomic E-state index is 9.11. The van der Waals surface area contributed by atoms with Gasteiger partial charge in [-0.05, 0) is 12.8 Å². The van der Waals surface area contributed by atoms with E-state index in [0.717, 1.165) is 19.4 Å². The molecule has 0 aromatic rings. The molecule has 1 aliphatic heterocycles. The Labute approximate surface area is 61.1 Å². The summed E-state index contributed by atoms with van der Waals surface area (Å²) in [5.41, 5.74) is -0.0903. The van der Waals surface area contributed by atoms with Crippen LogP contribution in [0.4, 0.5) is 0 Å². The zero-order valence-electron chi connectivity index (χ0n) is 6.30. The van der Waals surface area contributed by atoms with Crippen LogP contribution in [0.5, 0.6) is 0 Å². The molecule has 0 aromatic heterocycles. The molecule has 1 rings (SSSR count). The summed E-state index contributed by atoms with van der Waals surface area (Å²) < 4.78 is 0. The predicted octanol–water partition coefficient (Wildman–Crippen LogP) is 1.13. The molecule has 0 aromatic carbocycles. The lowest BCUT2D eigenvalue weighted by Gasteiger charge is -2.33. The van der Waals surface area contributed by atoms with Crippen molar-refractivity contribution in [2.75, 3.05) is 13.1 Å². The monoisotopic (exact) mass is 142 g/mol. The molecule has 1 atom stereocenters. The van der Waals surface area contributed by atoms with Crippen molar-refractivity contribution in [1.82, 2.24) is 5.06 Å². The number of hydrogen-bond acceptors (Lipinski definition) is 3. The van der Waals surface area contributed by atoms with Crippen LogP contribution in [0.25, 0.3) is 0 Å². The summed E-state index contributed by atoms with van der Waals surface area (Å²) in [6.07, 6.45) is 3.45. The van der Waals surface area contributed by atoms with Crippen LogP contribution in [0.1, 0.15) is 19.8 Å². The van der Waals surface area contributed by atoms with Crippen molar-refractivity contribution in [3.8, 4) is 0 Å². The molecule has 3 nitrogen and oxygen atoms in total.